The molecule has 0 amide bonds. The van der Waals surface area contributed by atoms with Gasteiger partial charge in [-0.05, 0) is 52.2 Å². The minimum Gasteiger partial charge on any atom is -0.399 e. The third-order valence-electron chi connectivity index (χ3n) is 4.16. The summed E-state index contributed by atoms with van der Waals surface area (Å²) in [6.45, 7) is 9.12. The maximum Gasteiger partial charge on any atom is 0.494 e. The van der Waals surface area contributed by atoms with Crippen molar-refractivity contribution in [1.29, 1.82) is 0 Å². The summed E-state index contributed by atoms with van der Waals surface area (Å²) in [6, 6.07) is 4.21. The van der Waals surface area contributed by atoms with Crippen LogP contribution in [0.1, 0.15) is 34.6 Å². The van der Waals surface area contributed by atoms with E-state index in [1.165, 1.54) is 19.1 Å². The second kappa shape index (κ2) is 5.51. The normalized spacial score (nSPS) is 20.2. The fraction of sp³-hybridized carbons (Fsp3) is 0.571. The Hall–Kier alpha value is -1.12. The number of anilines is 1. The number of rotatable bonds is 4. The molecule has 2 rings (SSSR count). The Morgan fingerprint density at radius 3 is 2.18 bits per heavy atom. The molecule has 1 N–H and O–H groups in total. The molecule has 1 saturated heterocycles. The summed E-state index contributed by atoms with van der Waals surface area (Å²) >= 11 is 0. The lowest BCUT2D eigenvalue weighted by atomic mass is 9.79. The van der Waals surface area contributed by atoms with Crippen LogP contribution < -0.4 is 10.2 Å². The van der Waals surface area contributed by atoms with Gasteiger partial charge in [0, 0.05) is 0 Å². The molecule has 0 saturated carbocycles. The van der Waals surface area contributed by atoms with E-state index in [1.807, 2.05) is 27.7 Å². The van der Waals surface area contributed by atoms with Crippen molar-refractivity contribution in [2.45, 2.75) is 45.8 Å². The summed E-state index contributed by atoms with van der Waals surface area (Å²) in [6.07, 6.45) is 0. The van der Waals surface area contributed by atoms with Gasteiger partial charge in [-0.2, -0.15) is 0 Å². The van der Waals surface area contributed by atoms with Gasteiger partial charge in [-0.25, -0.2) is 12.8 Å². The lowest BCUT2D eigenvalue weighted by Gasteiger charge is -2.32. The van der Waals surface area contributed by atoms with Crippen LogP contribution in [0.5, 0.6) is 0 Å². The van der Waals surface area contributed by atoms with E-state index >= 15 is 0 Å². The van der Waals surface area contributed by atoms with Crippen molar-refractivity contribution in [2.75, 3.05) is 10.5 Å². The molecule has 8 heteroatoms. The molecular weight excluding hydrogens is 308 g/mol. The van der Waals surface area contributed by atoms with Gasteiger partial charge in [0.2, 0.25) is 10.0 Å². The van der Waals surface area contributed by atoms with Crippen LogP contribution in [0.4, 0.5) is 10.1 Å². The molecule has 0 aliphatic carbocycles. The molecule has 1 aromatic carbocycles. The van der Waals surface area contributed by atoms with Gasteiger partial charge in [-0.1, -0.05) is 6.07 Å². The second-order valence-electron chi connectivity index (χ2n) is 6.33. The number of nitrogens with one attached hydrogen (secondary N) is 1. The van der Waals surface area contributed by atoms with Gasteiger partial charge >= 0.3 is 7.12 Å². The average molecular weight is 329 g/mol. The lowest BCUT2D eigenvalue weighted by Crippen LogP contribution is -2.41. The zero-order chi connectivity index (χ0) is 16.8. The average Bonchev–Trinajstić information content (AvgIpc) is 2.61. The van der Waals surface area contributed by atoms with Gasteiger partial charge in [0.05, 0.1) is 22.6 Å². The highest BCUT2D eigenvalue weighted by Gasteiger charge is 2.51. The van der Waals surface area contributed by atoms with Crippen LogP contribution in [-0.2, 0) is 19.3 Å². The van der Waals surface area contributed by atoms with Crippen LogP contribution in [0.2, 0.25) is 0 Å². The van der Waals surface area contributed by atoms with E-state index < -0.39 is 34.2 Å². The van der Waals surface area contributed by atoms with Crippen molar-refractivity contribution in [2.24, 2.45) is 0 Å². The van der Waals surface area contributed by atoms with Crippen molar-refractivity contribution >= 4 is 28.3 Å². The number of sulfonamides is 1. The van der Waals surface area contributed by atoms with Crippen LogP contribution >= 0.6 is 0 Å². The van der Waals surface area contributed by atoms with Gasteiger partial charge < -0.3 is 9.31 Å². The third-order valence-corrected chi connectivity index (χ3v) is 5.46. The zero-order valence-corrected chi connectivity index (χ0v) is 14.3. The molecule has 0 unspecified atom stereocenters. The second-order valence-corrected chi connectivity index (χ2v) is 8.34. The van der Waals surface area contributed by atoms with Crippen LogP contribution in [0.25, 0.3) is 0 Å². The first-order chi connectivity index (χ1) is 9.97. The van der Waals surface area contributed by atoms with Crippen molar-refractivity contribution in [1.82, 2.24) is 0 Å². The van der Waals surface area contributed by atoms with Crippen LogP contribution in [0.15, 0.2) is 18.2 Å². The molecule has 1 aliphatic heterocycles. The summed E-state index contributed by atoms with van der Waals surface area (Å²) in [5.41, 5.74) is -0.606. The van der Waals surface area contributed by atoms with Crippen molar-refractivity contribution < 1.29 is 22.1 Å². The van der Waals surface area contributed by atoms with Crippen LogP contribution in [0.3, 0.4) is 0 Å². The van der Waals surface area contributed by atoms with E-state index in [-0.39, 0.29) is 11.4 Å². The fourth-order valence-corrected chi connectivity index (χ4v) is 2.62. The lowest BCUT2D eigenvalue weighted by molar-refractivity contribution is 0.00578. The van der Waals surface area contributed by atoms with Gasteiger partial charge in [-0.3, -0.25) is 4.72 Å². The molecule has 0 radical (unpaired) electrons. The Kier molecular flexibility index (Phi) is 4.32. The summed E-state index contributed by atoms with van der Waals surface area (Å²) < 4.78 is 51.0. The minimum atomic E-state index is -3.52. The van der Waals surface area contributed by atoms with Crippen molar-refractivity contribution in [3.63, 3.8) is 0 Å². The molecule has 1 heterocycles. The Bertz CT molecular complexity index is 659. The summed E-state index contributed by atoms with van der Waals surface area (Å²) in [5, 5.41) is 0. The molecule has 0 atom stereocenters. The third kappa shape index (κ3) is 3.28. The van der Waals surface area contributed by atoms with Gasteiger partial charge in [-0.15, -0.1) is 0 Å². The predicted molar refractivity (Wildman–Crippen MR) is 85.2 cm³/mol. The number of halogens is 1. The van der Waals surface area contributed by atoms with Crippen molar-refractivity contribution in [3.05, 3.63) is 24.0 Å². The largest absolute Gasteiger partial charge is 0.494 e. The van der Waals surface area contributed by atoms with Gasteiger partial charge in [0.15, 0.2) is 0 Å². The molecule has 22 heavy (non-hydrogen) atoms. The first-order valence-corrected chi connectivity index (χ1v) is 8.78. The van der Waals surface area contributed by atoms with Crippen molar-refractivity contribution in [3.8, 4) is 0 Å². The molecule has 1 aliphatic rings. The van der Waals surface area contributed by atoms with E-state index in [4.69, 9.17) is 9.31 Å². The SMILES string of the molecule is CCS(=O)(=O)Nc1ccc(B2OC(C)(C)C(C)(C)O2)cc1F. The molecule has 5 nitrogen and oxygen atoms in total. The molecule has 122 valence electrons. The van der Waals surface area contributed by atoms with Crippen LogP contribution in [0, 0.1) is 5.82 Å². The Labute approximate surface area is 131 Å². The fourth-order valence-electron chi connectivity index (χ4n) is 1.98. The molecular formula is C14H21BFNO4S. The van der Waals surface area contributed by atoms with E-state index in [1.54, 1.807) is 6.07 Å². The van der Waals surface area contributed by atoms with Gasteiger partial charge in [0.1, 0.15) is 5.82 Å². The molecule has 0 bridgehead atoms. The predicted octanol–water partition coefficient (Wildman–Crippen LogP) is 1.89. The van der Waals surface area contributed by atoms with Gasteiger partial charge in [0.25, 0.3) is 0 Å². The molecule has 1 fully saturated rings. The molecule has 1 aromatic rings. The summed E-state index contributed by atoms with van der Waals surface area (Å²) in [7, 11) is -4.20. The topological polar surface area (TPSA) is 64.6 Å². The highest BCUT2D eigenvalue weighted by molar-refractivity contribution is 7.92. The summed E-state index contributed by atoms with van der Waals surface area (Å²) in [4.78, 5) is 0. The van der Waals surface area contributed by atoms with E-state index in [0.29, 0.717) is 5.46 Å². The Morgan fingerprint density at radius 1 is 1.18 bits per heavy atom. The zero-order valence-electron chi connectivity index (χ0n) is 13.4. The first kappa shape index (κ1) is 17.2. The van der Waals surface area contributed by atoms with E-state index in [2.05, 4.69) is 4.72 Å². The number of benzene rings is 1. The number of hydrogen-bond acceptors (Lipinski definition) is 4. The van der Waals surface area contributed by atoms with E-state index in [0.717, 1.165) is 0 Å². The quantitative estimate of drug-likeness (QED) is 0.857. The van der Waals surface area contributed by atoms with Crippen LogP contribution in [-0.4, -0.2) is 32.5 Å². The maximum absolute atomic E-state index is 14.1. The standard InChI is InChI=1S/C14H21BFNO4S/c1-6-22(18,19)17-12-8-7-10(9-11(12)16)15-20-13(2,3)14(4,5)21-15/h7-9,17H,6H2,1-5H3. The monoisotopic (exact) mass is 329 g/mol. The Morgan fingerprint density at radius 2 is 1.73 bits per heavy atom. The first-order valence-electron chi connectivity index (χ1n) is 7.13. The molecule has 0 aromatic heterocycles. The maximum atomic E-state index is 14.1. The van der Waals surface area contributed by atoms with E-state index in [9.17, 15) is 12.8 Å². The smallest absolute Gasteiger partial charge is 0.399 e. The minimum absolute atomic E-state index is 0.0814. The highest BCUT2D eigenvalue weighted by Crippen LogP contribution is 2.36. The summed E-state index contributed by atoms with van der Waals surface area (Å²) in [5.74, 6) is -0.782. The Balaban J connectivity index is 2.24. The number of hydrogen-bond donors (Lipinski definition) is 1. The highest BCUT2D eigenvalue weighted by atomic mass is 32.2. The molecule has 0 spiro atoms.